The average molecular weight is 620 g/mol. The van der Waals surface area contributed by atoms with Gasteiger partial charge in [-0.05, 0) is 70.4 Å². The van der Waals surface area contributed by atoms with Gasteiger partial charge in [0.1, 0.15) is 11.3 Å². The van der Waals surface area contributed by atoms with E-state index in [9.17, 15) is 18.0 Å². The van der Waals surface area contributed by atoms with Crippen LogP contribution in [0, 0.1) is 0 Å². The van der Waals surface area contributed by atoms with Crippen LogP contribution in [-0.2, 0) is 10.9 Å². The van der Waals surface area contributed by atoms with Crippen LogP contribution in [0.25, 0.3) is 22.5 Å². The molecule has 0 aliphatic carbocycles. The van der Waals surface area contributed by atoms with E-state index in [-0.39, 0.29) is 23.3 Å². The molecule has 1 aliphatic heterocycles. The highest BCUT2D eigenvalue weighted by Gasteiger charge is 2.31. The normalized spacial score (nSPS) is 15.0. The smallest absolute Gasteiger partial charge is 0.416 e. The number of hydrogen-bond donors (Lipinski definition) is 2. The van der Waals surface area contributed by atoms with Gasteiger partial charge in [-0.3, -0.25) is 0 Å². The van der Waals surface area contributed by atoms with Crippen LogP contribution in [0.5, 0.6) is 0 Å². The summed E-state index contributed by atoms with van der Waals surface area (Å²) in [5.41, 5.74) is 1.22. The van der Waals surface area contributed by atoms with Gasteiger partial charge in [0, 0.05) is 36.5 Å². The quantitative estimate of drug-likeness (QED) is 0.222. The van der Waals surface area contributed by atoms with E-state index in [0.29, 0.717) is 49.0 Å². The second-order valence-electron chi connectivity index (χ2n) is 12.0. The maximum Gasteiger partial charge on any atom is 0.416 e. The number of nitrogens with zero attached hydrogens (tertiary/aromatic N) is 5. The Morgan fingerprint density at radius 1 is 0.978 bits per heavy atom. The van der Waals surface area contributed by atoms with Crippen LogP contribution in [0.3, 0.4) is 0 Å². The maximum absolute atomic E-state index is 13.6. The molecule has 0 radical (unpaired) electrons. The van der Waals surface area contributed by atoms with E-state index in [0.717, 1.165) is 17.7 Å². The highest BCUT2D eigenvalue weighted by Crippen LogP contribution is 2.36. The number of alkyl halides is 3. The first-order chi connectivity index (χ1) is 21.4. The van der Waals surface area contributed by atoms with E-state index in [1.54, 1.807) is 24.4 Å². The minimum atomic E-state index is -4.51. The number of anilines is 2. The summed E-state index contributed by atoms with van der Waals surface area (Å²) in [4.78, 5) is 23.4. The number of halogens is 3. The number of aromatic nitrogens is 4. The summed E-state index contributed by atoms with van der Waals surface area (Å²) < 4.78 is 46.2. The van der Waals surface area contributed by atoms with Crippen LogP contribution in [-0.4, -0.2) is 51.0 Å². The fourth-order valence-electron chi connectivity index (χ4n) is 5.11. The Kier molecular flexibility index (Phi) is 9.21. The van der Waals surface area contributed by atoms with E-state index < -0.39 is 23.4 Å². The lowest BCUT2D eigenvalue weighted by Crippen LogP contribution is -2.46. The summed E-state index contributed by atoms with van der Waals surface area (Å²) in [5, 5.41) is 15.1. The molecule has 12 heteroatoms. The number of ether oxygens (including phenoxy) is 1. The lowest BCUT2D eigenvalue weighted by atomic mass is 10.0. The maximum atomic E-state index is 13.6. The van der Waals surface area contributed by atoms with Gasteiger partial charge in [-0.25, -0.2) is 14.8 Å². The van der Waals surface area contributed by atoms with E-state index in [1.165, 1.54) is 6.07 Å². The molecule has 2 aromatic heterocycles. The lowest BCUT2D eigenvalue weighted by Gasteiger charge is -2.33. The fourth-order valence-corrected chi connectivity index (χ4v) is 5.11. The molecule has 1 amide bonds. The lowest BCUT2D eigenvalue weighted by molar-refractivity contribution is -0.137. The first kappa shape index (κ1) is 31.7. The van der Waals surface area contributed by atoms with Crippen molar-refractivity contribution in [1.29, 1.82) is 0 Å². The Balaban J connectivity index is 1.44. The van der Waals surface area contributed by atoms with Crippen molar-refractivity contribution in [3.05, 3.63) is 84.1 Å². The van der Waals surface area contributed by atoms with Crippen LogP contribution in [0.4, 0.5) is 29.7 Å². The van der Waals surface area contributed by atoms with E-state index in [4.69, 9.17) is 9.72 Å². The van der Waals surface area contributed by atoms with Crippen LogP contribution in [0.1, 0.15) is 57.7 Å². The SMILES string of the molecule is C[C@H](Nc1nccc(-c2cc(N3CCC(NC(=O)OC(C)(C)C)CC3)nnc2-c2cccc(C(F)(F)F)c2)n1)c1ccccc1. The molecule has 1 aliphatic rings. The third kappa shape index (κ3) is 8.25. The summed E-state index contributed by atoms with van der Waals surface area (Å²) in [6, 6.07) is 18.2. The molecule has 0 spiro atoms. The zero-order valence-electron chi connectivity index (χ0n) is 25.6. The molecule has 3 heterocycles. The zero-order chi connectivity index (χ0) is 32.2. The summed E-state index contributed by atoms with van der Waals surface area (Å²) >= 11 is 0. The van der Waals surface area contributed by atoms with Gasteiger partial charge in [0.05, 0.1) is 17.3 Å². The first-order valence-corrected chi connectivity index (χ1v) is 14.8. The minimum absolute atomic E-state index is 0.0602. The van der Waals surface area contributed by atoms with Crippen LogP contribution in [0.2, 0.25) is 0 Å². The third-order valence-corrected chi connectivity index (χ3v) is 7.36. The van der Waals surface area contributed by atoms with Gasteiger partial charge in [-0.15, -0.1) is 10.2 Å². The third-order valence-electron chi connectivity index (χ3n) is 7.36. The van der Waals surface area contributed by atoms with Crippen molar-refractivity contribution in [3.8, 4) is 22.5 Å². The fraction of sp³-hybridized carbons (Fsp3) is 0.364. The molecule has 2 N–H and O–H groups in total. The second-order valence-corrected chi connectivity index (χ2v) is 12.0. The summed E-state index contributed by atoms with van der Waals surface area (Å²) in [5.74, 6) is 0.924. The van der Waals surface area contributed by atoms with Crippen molar-refractivity contribution < 1.29 is 22.7 Å². The molecule has 45 heavy (non-hydrogen) atoms. The van der Waals surface area contributed by atoms with Crippen molar-refractivity contribution in [1.82, 2.24) is 25.5 Å². The van der Waals surface area contributed by atoms with Gasteiger partial charge in [0.25, 0.3) is 0 Å². The molecular formula is C33H36F3N7O2. The number of amides is 1. The number of nitrogens with one attached hydrogen (secondary N) is 2. The van der Waals surface area contributed by atoms with Gasteiger partial charge in [-0.2, -0.15) is 13.2 Å². The van der Waals surface area contributed by atoms with E-state index >= 15 is 0 Å². The molecule has 5 rings (SSSR count). The largest absolute Gasteiger partial charge is 0.444 e. The van der Waals surface area contributed by atoms with Crippen molar-refractivity contribution in [2.75, 3.05) is 23.3 Å². The molecule has 1 saturated heterocycles. The first-order valence-electron chi connectivity index (χ1n) is 14.8. The molecule has 0 unspecified atom stereocenters. The molecule has 2 aromatic carbocycles. The minimum Gasteiger partial charge on any atom is -0.444 e. The van der Waals surface area contributed by atoms with Gasteiger partial charge < -0.3 is 20.3 Å². The van der Waals surface area contributed by atoms with E-state index in [2.05, 4.69) is 25.8 Å². The number of piperidine rings is 1. The number of carbonyl (C=O) groups excluding carboxylic acids is 1. The van der Waals surface area contributed by atoms with Crippen molar-refractivity contribution >= 4 is 17.9 Å². The highest BCUT2D eigenvalue weighted by molar-refractivity contribution is 5.81. The Hall–Kier alpha value is -4.74. The van der Waals surface area contributed by atoms with Gasteiger partial charge >= 0.3 is 12.3 Å². The van der Waals surface area contributed by atoms with Gasteiger partial charge in [0.2, 0.25) is 5.95 Å². The number of rotatable bonds is 7. The van der Waals surface area contributed by atoms with E-state index in [1.807, 2.05) is 62.9 Å². The molecule has 1 atom stereocenters. The molecule has 0 bridgehead atoms. The topological polar surface area (TPSA) is 105 Å². The molecule has 236 valence electrons. The predicted octanol–water partition coefficient (Wildman–Crippen LogP) is 7.29. The Morgan fingerprint density at radius 2 is 1.71 bits per heavy atom. The molecule has 9 nitrogen and oxygen atoms in total. The Morgan fingerprint density at radius 3 is 2.40 bits per heavy atom. The zero-order valence-corrected chi connectivity index (χ0v) is 25.6. The van der Waals surface area contributed by atoms with Gasteiger partial charge in [-0.1, -0.05) is 42.5 Å². The molecule has 1 fully saturated rings. The number of carbonyl (C=O) groups is 1. The van der Waals surface area contributed by atoms with Crippen molar-refractivity contribution in [2.45, 2.75) is 64.4 Å². The number of alkyl carbamates (subject to hydrolysis) is 1. The summed E-state index contributed by atoms with van der Waals surface area (Å²) in [7, 11) is 0. The average Bonchev–Trinajstić information content (AvgIpc) is 3.00. The second kappa shape index (κ2) is 13.1. The van der Waals surface area contributed by atoms with Crippen LogP contribution < -0.4 is 15.5 Å². The Bertz CT molecular complexity index is 1620. The Labute approximate surface area is 260 Å². The predicted molar refractivity (Wildman–Crippen MR) is 167 cm³/mol. The van der Waals surface area contributed by atoms with Crippen LogP contribution >= 0.6 is 0 Å². The monoisotopic (exact) mass is 619 g/mol. The van der Waals surface area contributed by atoms with Crippen LogP contribution in [0.15, 0.2) is 72.9 Å². The number of hydrogen-bond acceptors (Lipinski definition) is 8. The molecular weight excluding hydrogens is 583 g/mol. The molecule has 4 aromatic rings. The van der Waals surface area contributed by atoms with Crippen molar-refractivity contribution in [3.63, 3.8) is 0 Å². The summed E-state index contributed by atoms with van der Waals surface area (Å²) in [6.07, 6.45) is -2.05. The number of benzene rings is 2. The van der Waals surface area contributed by atoms with Gasteiger partial charge in [0.15, 0.2) is 5.82 Å². The van der Waals surface area contributed by atoms with Crippen molar-refractivity contribution in [2.24, 2.45) is 0 Å². The molecule has 0 saturated carbocycles. The highest BCUT2D eigenvalue weighted by atomic mass is 19.4. The standard InChI is InChI=1S/C33H36F3N7O2/c1-21(22-9-6-5-7-10-22)38-30-37-16-13-27(40-30)26-20-28(41-42-29(26)23-11-8-12-24(19-23)33(34,35)36)43-17-14-25(15-18-43)39-31(44)45-32(2,3)4/h5-13,16,19-21,25H,14-15,17-18H2,1-4H3,(H,39,44)(H,37,38,40)/t21-/m0/s1. The summed E-state index contributed by atoms with van der Waals surface area (Å²) in [6.45, 7) is 8.61.